The highest BCUT2D eigenvalue weighted by Crippen LogP contribution is 2.41. The molecule has 0 N–H and O–H groups in total. The lowest BCUT2D eigenvalue weighted by molar-refractivity contribution is -0.137. The minimum absolute atomic E-state index is 0.296. The number of carbonyl (C=O) groups is 2. The van der Waals surface area contributed by atoms with Crippen molar-refractivity contribution in [2.45, 2.75) is 42.1 Å². The molecule has 5 nitrogen and oxygen atoms in total. The van der Waals surface area contributed by atoms with Crippen molar-refractivity contribution >= 4 is 21.7 Å². The fourth-order valence-corrected chi connectivity index (χ4v) is 5.80. The summed E-state index contributed by atoms with van der Waals surface area (Å²) in [5, 5.41) is -0.938. The van der Waals surface area contributed by atoms with Crippen molar-refractivity contribution in [3.05, 3.63) is 65.2 Å². The maximum absolute atomic E-state index is 12.9. The van der Waals surface area contributed by atoms with Gasteiger partial charge in [-0.05, 0) is 56.0 Å². The Kier molecular flexibility index (Phi) is 4.76. The lowest BCUT2D eigenvalue weighted by atomic mass is 9.77. The number of imide groups is 1. The molecule has 2 aromatic carbocycles. The van der Waals surface area contributed by atoms with E-state index in [9.17, 15) is 31.2 Å². The highest BCUT2D eigenvalue weighted by Gasteiger charge is 2.48. The summed E-state index contributed by atoms with van der Waals surface area (Å²) in [4.78, 5) is 25.9. The number of hydrogen-bond donors (Lipinski definition) is 0. The molecule has 0 aromatic heterocycles. The van der Waals surface area contributed by atoms with Crippen LogP contribution in [0.5, 0.6) is 0 Å². The summed E-state index contributed by atoms with van der Waals surface area (Å²) in [6, 6.07) is 9.77. The molecule has 4 rings (SSSR count). The van der Waals surface area contributed by atoms with Crippen molar-refractivity contribution in [1.29, 1.82) is 0 Å². The quantitative estimate of drug-likeness (QED) is 0.680. The van der Waals surface area contributed by atoms with Gasteiger partial charge >= 0.3 is 6.18 Å². The van der Waals surface area contributed by atoms with Crippen LogP contribution < -0.4 is 0 Å². The Morgan fingerprint density at radius 2 is 1.53 bits per heavy atom. The maximum Gasteiger partial charge on any atom is 0.416 e. The van der Waals surface area contributed by atoms with Gasteiger partial charge in [-0.25, -0.2) is 8.42 Å². The topological polar surface area (TPSA) is 71.5 Å². The second-order valence-electron chi connectivity index (χ2n) is 7.69. The molecule has 158 valence electrons. The van der Waals surface area contributed by atoms with E-state index in [1.165, 1.54) is 11.8 Å². The summed E-state index contributed by atoms with van der Waals surface area (Å²) in [5.74, 6) is -1.15. The van der Waals surface area contributed by atoms with E-state index in [0.29, 0.717) is 30.0 Å². The van der Waals surface area contributed by atoms with Gasteiger partial charge in [0, 0.05) is 6.04 Å². The zero-order valence-corrected chi connectivity index (χ0v) is 16.7. The van der Waals surface area contributed by atoms with Crippen LogP contribution in [0.25, 0.3) is 0 Å². The fraction of sp³-hybridized carbons (Fsp3) is 0.333. The summed E-state index contributed by atoms with van der Waals surface area (Å²) in [6.07, 6.45) is -4.04. The third kappa shape index (κ3) is 3.21. The highest BCUT2D eigenvalue weighted by molar-refractivity contribution is 7.92. The maximum atomic E-state index is 12.9. The van der Waals surface area contributed by atoms with Gasteiger partial charge in [-0.3, -0.25) is 14.5 Å². The van der Waals surface area contributed by atoms with Crippen molar-refractivity contribution in [2.75, 3.05) is 0 Å². The second-order valence-corrected chi connectivity index (χ2v) is 9.99. The molecule has 0 spiro atoms. The third-order valence-corrected chi connectivity index (χ3v) is 8.26. The molecule has 0 radical (unpaired) electrons. The zero-order valence-electron chi connectivity index (χ0n) is 15.9. The summed E-state index contributed by atoms with van der Waals surface area (Å²) in [7, 11) is -4.00. The molecular formula is C21H18F3NO4S. The number of sulfone groups is 1. The van der Waals surface area contributed by atoms with E-state index in [2.05, 4.69) is 0 Å². The zero-order chi connectivity index (χ0) is 21.8. The smallest absolute Gasteiger partial charge is 0.271 e. The normalized spacial score (nSPS) is 22.6. The second kappa shape index (κ2) is 6.94. The number of hydrogen-bond acceptors (Lipinski definition) is 4. The number of nitrogens with zero attached hydrogens (tertiary/aromatic N) is 1. The average molecular weight is 437 g/mol. The molecule has 0 saturated heterocycles. The molecule has 1 atom stereocenters. The minimum Gasteiger partial charge on any atom is -0.271 e. The molecule has 2 aromatic rings. The van der Waals surface area contributed by atoms with Crippen LogP contribution in [-0.4, -0.2) is 36.4 Å². The van der Waals surface area contributed by atoms with Crippen LogP contribution in [0.2, 0.25) is 0 Å². The van der Waals surface area contributed by atoms with E-state index < -0.39 is 44.7 Å². The van der Waals surface area contributed by atoms with E-state index in [1.54, 1.807) is 24.3 Å². The summed E-state index contributed by atoms with van der Waals surface area (Å²) < 4.78 is 64.5. The molecule has 1 aliphatic carbocycles. The van der Waals surface area contributed by atoms with Crippen molar-refractivity contribution in [1.82, 2.24) is 4.90 Å². The van der Waals surface area contributed by atoms with Crippen LogP contribution in [0.3, 0.4) is 0 Å². The first-order valence-corrected chi connectivity index (χ1v) is 10.9. The van der Waals surface area contributed by atoms with E-state index in [4.69, 9.17) is 0 Å². The molecule has 1 saturated carbocycles. The van der Waals surface area contributed by atoms with E-state index in [0.717, 1.165) is 18.2 Å². The van der Waals surface area contributed by atoms with Crippen LogP contribution in [0, 0.1) is 5.92 Å². The molecule has 1 unspecified atom stereocenters. The van der Waals surface area contributed by atoms with E-state index in [1.807, 2.05) is 0 Å². The van der Waals surface area contributed by atoms with Gasteiger partial charge in [-0.1, -0.05) is 18.2 Å². The van der Waals surface area contributed by atoms with Crippen LogP contribution in [0.4, 0.5) is 13.2 Å². The molecule has 2 amide bonds. The first-order valence-electron chi connectivity index (χ1n) is 9.40. The van der Waals surface area contributed by atoms with Gasteiger partial charge in [0.2, 0.25) is 0 Å². The number of amides is 2. The largest absolute Gasteiger partial charge is 0.416 e. The number of halogens is 3. The number of benzene rings is 2. The summed E-state index contributed by atoms with van der Waals surface area (Å²) in [6.45, 7) is 1.46. The Balaban J connectivity index is 1.49. The lowest BCUT2D eigenvalue weighted by Gasteiger charge is -2.42. The fourth-order valence-electron chi connectivity index (χ4n) is 4.08. The van der Waals surface area contributed by atoms with Crippen LogP contribution in [0.1, 0.15) is 46.0 Å². The number of fused-ring (bicyclic) bond motifs is 1. The number of rotatable bonds is 4. The first-order chi connectivity index (χ1) is 14.0. The lowest BCUT2D eigenvalue weighted by Crippen LogP contribution is -2.51. The SMILES string of the molecule is CC(C1CC(N2C(=O)c3ccccc3C2=O)C1)S(=O)(=O)c1cccc(C(F)(F)F)c1. The van der Waals surface area contributed by atoms with Crippen molar-refractivity contribution in [3.8, 4) is 0 Å². The number of alkyl halides is 3. The molecule has 30 heavy (non-hydrogen) atoms. The van der Waals surface area contributed by atoms with Gasteiger partial charge in [0.05, 0.1) is 26.8 Å². The highest BCUT2D eigenvalue weighted by atomic mass is 32.2. The molecule has 2 aliphatic rings. The van der Waals surface area contributed by atoms with Gasteiger partial charge in [0.15, 0.2) is 9.84 Å². The molecule has 1 heterocycles. The summed E-state index contributed by atoms with van der Waals surface area (Å²) >= 11 is 0. The Labute approximate surface area is 171 Å². The molecule has 9 heteroatoms. The monoisotopic (exact) mass is 437 g/mol. The van der Waals surface area contributed by atoms with E-state index in [-0.39, 0.29) is 10.8 Å². The van der Waals surface area contributed by atoms with Gasteiger partial charge in [-0.15, -0.1) is 0 Å². The van der Waals surface area contributed by atoms with Crippen molar-refractivity contribution in [2.24, 2.45) is 5.92 Å². The first kappa shape index (κ1) is 20.6. The van der Waals surface area contributed by atoms with Gasteiger partial charge < -0.3 is 0 Å². The Morgan fingerprint density at radius 3 is 2.07 bits per heavy atom. The third-order valence-electron chi connectivity index (χ3n) is 5.98. The Hall–Kier alpha value is -2.68. The molecule has 1 fully saturated rings. The predicted octanol–water partition coefficient (Wildman–Crippen LogP) is 3.94. The summed E-state index contributed by atoms with van der Waals surface area (Å²) in [5.41, 5.74) is -0.362. The van der Waals surface area contributed by atoms with Crippen LogP contribution >= 0.6 is 0 Å². The van der Waals surface area contributed by atoms with Crippen LogP contribution in [0.15, 0.2) is 53.4 Å². The molecule has 0 bridgehead atoms. The molecular weight excluding hydrogens is 419 g/mol. The Bertz CT molecular complexity index is 1100. The Morgan fingerprint density at radius 1 is 0.967 bits per heavy atom. The average Bonchev–Trinajstić information content (AvgIpc) is 2.92. The van der Waals surface area contributed by atoms with Gasteiger partial charge in [-0.2, -0.15) is 13.2 Å². The minimum atomic E-state index is -4.64. The predicted molar refractivity (Wildman–Crippen MR) is 102 cm³/mol. The van der Waals surface area contributed by atoms with Crippen molar-refractivity contribution in [3.63, 3.8) is 0 Å². The van der Waals surface area contributed by atoms with Crippen LogP contribution in [-0.2, 0) is 16.0 Å². The van der Waals surface area contributed by atoms with E-state index >= 15 is 0 Å². The number of carbonyl (C=O) groups excluding carboxylic acids is 2. The van der Waals surface area contributed by atoms with Gasteiger partial charge in [0.1, 0.15) is 0 Å². The van der Waals surface area contributed by atoms with Crippen molar-refractivity contribution < 1.29 is 31.2 Å². The van der Waals surface area contributed by atoms with Gasteiger partial charge in [0.25, 0.3) is 11.8 Å². The standard InChI is InChI=1S/C21H18F3NO4S/c1-12(30(28,29)16-6-4-5-14(11-16)21(22,23)24)13-9-15(10-13)25-19(26)17-7-2-3-8-18(17)20(25)27/h2-8,11-13,15H,9-10H2,1H3. The molecule has 1 aliphatic heterocycles.